The monoisotopic (exact) mass is 368 g/mol. The first kappa shape index (κ1) is 19.0. The first-order valence-corrected chi connectivity index (χ1v) is 9.02. The summed E-state index contributed by atoms with van der Waals surface area (Å²) in [4.78, 5) is -0.328. The van der Waals surface area contributed by atoms with Crippen molar-refractivity contribution in [2.75, 3.05) is 13.7 Å². The molecule has 0 bridgehead atoms. The van der Waals surface area contributed by atoms with Crippen LogP contribution in [0.3, 0.4) is 0 Å². The van der Waals surface area contributed by atoms with Gasteiger partial charge in [0.2, 0.25) is 9.84 Å². The zero-order valence-electron chi connectivity index (χ0n) is 14.3. The topological polar surface area (TPSA) is 100 Å². The van der Waals surface area contributed by atoms with E-state index < -0.39 is 9.84 Å². The Kier molecular flexibility index (Phi) is 6.00. The molecular weight excluding hydrogens is 352 g/mol. The summed E-state index contributed by atoms with van der Waals surface area (Å²) in [6, 6.07) is 14.6. The summed E-state index contributed by atoms with van der Waals surface area (Å²) in [6.07, 6.45) is 1.27. The van der Waals surface area contributed by atoms with Crippen LogP contribution in [-0.2, 0) is 9.84 Å². The Hall–Kier alpha value is -3.29. The lowest BCUT2D eigenvalue weighted by atomic mass is 10.2. The minimum atomic E-state index is -3.93. The largest absolute Gasteiger partial charge is 0.493 e. The van der Waals surface area contributed by atoms with E-state index in [0.717, 1.165) is 5.56 Å². The van der Waals surface area contributed by atoms with Crippen LogP contribution < -0.4 is 9.47 Å². The molecule has 2 aromatic carbocycles. The van der Waals surface area contributed by atoms with E-state index in [0.29, 0.717) is 17.1 Å². The molecule has 6 nitrogen and oxygen atoms in total. The summed E-state index contributed by atoms with van der Waals surface area (Å²) in [5, 5.41) is 17.9. The van der Waals surface area contributed by atoms with Crippen LogP contribution in [0.4, 0.5) is 0 Å². The van der Waals surface area contributed by atoms with Gasteiger partial charge in [0.05, 0.1) is 12.0 Å². The third kappa shape index (κ3) is 4.21. The second-order valence-electron chi connectivity index (χ2n) is 5.29. The van der Waals surface area contributed by atoms with Gasteiger partial charge in [-0.3, -0.25) is 0 Å². The molecule has 2 aromatic rings. The van der Waals surface area contributed by atoms with Crippen molar-refractivity contribution in [2.24, 2.45) is 0 Å². The molecule has 0 aromatic heterocycles. The molecule has 0 saturated carbocycles. The van der Waals surface area contributed by atoms with E-state index in [1.807, 2.05) is 13.0 Å². The Labute approximate surface area is 152 Å². The number of nitrogens with zero attached hydrogens (tertiary/aromatic N) is 2. The molecule has 0 fully saturated rings. The summed E-state index contributed by atoms with van der Waals surface area (Å²) >= 11 is 0. The molecule has 0 atom stereocenters. The molecule has 0 heterocycles. The van der Waals surface area contributed by atoms with Crippen molar-refractivity contribution in [3.8, 4) is 23.6 Å². The average Bonchev–Trinajstić information content (AvgIpc) is 2.64. The van der Waals surface area contributed by atoms with Crippen LogP contribution in [0.5, 0.6) is 11.5 Å². The number of nitriles is 2. The first-order valence-electron chi connectivity index (χ1n) is 7.53. The number of rotatable bonds is 6. The summed E-state index contributed by atoms with van der Waals surface area (Å²) in [6.45, 7) is 1.70. The van der Waals surface area contributed by atoms with Crippen molar-refractivity contribution >= 4 is 15.9 Å². The maximum atomic E-state index is 12.7. The Morgan fingerprint density at radius 1 is 1.12 bits per heavy atom. The normalized spacial score (nSPS) is 11.3. The van der Waals surface area contributed by atoms with E-state index in [4.69, 9.17) is 14.7 Å². The van der Waals surface area contributed by atoms with Crippen LogP contribution in [0.2, 0.25) is 0 Å². The van der Waals surface area contributed by atoms with Crippen LogP contribution in [0.25, 0.3) is 6.08 Å². The molecule has 0 spiro atoms. The average molecular weight is 368 g/mol. The highest BCUT2D eigenvalue weighted by molar-refractivity contribution is 7.95. The predicted molar refractivity (Wildman–Crippen MR) is 96.1 cm³/mol. The lowest BCUT2D eigenvalue weighted by molar-refractivity contribution is 0.329. The number of hydrogen-bond acceptors (Lipinski definition) is 6. The van der Waals surface area contributed by atoms with Gasteiger partial charge >= 0.3 is 0 Å². The van der Waals surface area contributed by atoms with Crippen LogP contribution in [0.15, 0.2) is 52.3 Å². The lowest BCUT2D eigenvalue weighted by Gasteiger charge is -2.09. The summed E-state index contributed by atoms with van der Waals surface area (Å²) in [5.74, 6) is 0.685. The molecular formula is C19H16N2O4S. The van der Waals surface area contributed by atoms with E-state index in [-0.39, 0.29) is 16.4 Å². The van der Waals surface area contributed by atoms with Gasteiger partial charge in [0, 0.05) is 0 Å². The van der Waals surface area contributed by atoms with Crippen molar-refractivity contribution in [1.29, 1.82) is 10.5 Å². The molecule has 132 valence electrons. The zero-order chi connectivity index (χ0) is 19.2. The molecule has 2 rings (SSSR count). The molecule has 0 aliphatic rings. The zero-order valence-corrected chi connectivity index (χ0v) is 15.1. The number of benzene rings is 2. The van der Waals surface area contributed by atoms with Gasteiger partial charge < -0.3 is 9.47 Å². The van der Waals surface area contributed by atoms with E-state index in [2.05, 4.69) is 0 Å². The highest BCUT2D eigenvalue weighted by Gasteiger charge is 2.21. The van der Waals surface area contributed by atoms with E-state index in [1.165, 1.54) is 31.4 Å². The minimum absolute atomic E-state index is 0.0526. The molecule has 0 aliphatic carbocycles. The number of aryl methyl sites for hydroxylation is 1. The Balaban J connectivity index is 2.44. The molecule has 0 amide bonds. The number of methoxy groups -OCH3 is 1. The second-order valence-corrected chi connectivity index (χ2v) is 7.21. The minimum Gasteiger partial charge on any atom is -0.493 e. The lowest BCUT2D eigenvalue weighted by Crippen LogP contribution is -2.03. The molecule has 26 heavy (non-hydrogen) atoms. The summed E-state index contributed by atoms with van der Waals surface area (Å²) in [7, 11) is -2.50. The SMILES string of the molecule is COc1cc(/C=C(\C#N)S(=O)(=O)c2ccc(C)cc2)ccc1OCC#N. The fourth-order valence-corrected chi connectivity index (χ4v) is 3.33. The van der Waals surface area contributed by atoms with E-state index in [9.17, 15) is 13.7 Å². The molecule has 0 N–H and O–H groups in total. The number of allylic oxidation sites excluding steroid dienone is 1. The van der Waals surface area contributed by atoms with E-state index in [1.54, 1.807) is 30.3 Å². The quantitative estimate of drug-likeness (QED) is 0.726. The van der Waals surface area contributed by atoms with Crippen LogP contribution in [-0.4, -0.2) is 22.1 Å². The predicted octanol–water partition coefficient (Wildman–Crippen LogP) is 3.24. The number of ether oxygens (including phenoxy) is 2. The number of sulfone groups is 1. The first-order chi connectivity index (χ1) is 12.4. The highest BCUT2D eigenvalue weighted by Crippen LogP contribution is 2.30. The van der Waals surface area contributed by atoms with Gasteiger partial charge in [-0.15, -0.1) is 0 Å². The third-order valence-corrected chi connectivity index (χ3v) is 5.19. The highest BCUT2D eigenvalue weighted by atomic mass is 32.2. The van der Waals surface area contributed by atoms with Crippen molar-refractivity contribution in [2.45, 2.75) is 11.8 Å². The number of hydrogen-bond donors (Lipinski definition) is 0. The third-order valence-electron chi connectivity index (χ3n) is 3.51. The van der Waals surface area contributed by atoms with Crippen molar-refractivity contribution < 1.29 is 17.9 Å². The Bertz CT molecular complexity index is 1010. The Morgan fingerprint density at radius 3 is 2.38 bits per heavy atom. The van der Waals surface area contributed by atoms with Gasteiger partial charge in [-0.05, 0) is 42.8 Å². The molecule has 0 aliphatic heterocycles. The standard InChI is InChI=1S/C19H16N2O4S/c1-14-3-6-16(7-4-14)26(22,23)17(13-21)11-15-5-8-18(25-10-9-20)19(12-15)24-2/h3-8,11-12H,10H2,1-2H3/b17-11+. The molecule has 7 heteroatoms. The maximum Gasteiger partial charge on any atom is 0.216 e. The second kappa shape index (κ2) is 8.19. The van der Waals surface area contributed by atoms with E-state index >= 15 is 0 Å². The fraction of sp³-hybridized carbons (Fsp3) is 0.158. The van der Waals surface area contributed by atoms with Crippen molar-refractivity contribution in [3.05, 3.63) is 58.5 Å². The van der Waals surface area contributed by atoms with Crippen molar-refractivity contribution in [1.82, 2.24) is 0 Å². The van der Waals surface area contributed by atoms with Gasteiger partial charge in [-0.1, -0.05) is 23.8 Å². The van der Waals surface area contributed by atoms with Crippen LogP contribution in [0, 0.1) is 29.6 Å². The van der Waals surface area contributed by atoms with Crippen LogP contribution in [0.1, 0.15) is 11.1 Å². The fourth-order valence-electron chi connectivity index (χ4n) is 2.17. The summed E-state index contributed by atoms with van der Waals surface area (Å²) < 4.78 is 35.7. The van der Waals surface area contributed by atoms with Crippen LogP contribution >= 0.6 is 0 Å². The van der Waals surface area contributed by atoms with Gasteiger partial charge in [0.1, 0.15) is 17.0 Å². The molecule has 0 radical (unpaired) electrons. The smallest absolute Gasteiger partial charge is 0.216 e. The molecule has 0 unspecified atom stereocenters. The van der Waals surface area contributed by atoms with Gasteiger partial charge in [0.25, 0.3) is 0 Å². The van der Waals surface area contributed by atoms with Gasteiger partial charge in [-0.2, -0.15) is 10.5 Å². The van der Waals surface area contributed by atoms with Gasteiger partial charge in [-0.25, -0.2) is 8.42 Å². The summed E-state index contributed by atoms with van der Waals surface area (Å²) in [5.41, 5.74) is 1.38. The Morgan fingerprint density at radius 2 is 1.81 bits per heavy atom. The maximum absolute atomic E-state index is 12.7. The van der Waals surface area contributed by atoms with Crippen molar-refractivity contribution in [3.63, 3.8) is 0 Å². The molecule has 0 saturated heterocycles. The van der Waals surface area contributed by atoms with Gasteiger partial charge in [0.15, 0.2) is 18.1 Å².